The SMILES string of the molecule is CCCCCCCCCCCCCCCCSC[C@@H](COP(=O)(Cl)Cl)OC. The van der Waals surface area contributed by atoms with Gasteiger partial charge in [0.15, 0.2) is 0 Å². The van der Waals surface area contributed by atoms with Crippen molar-refractivity contribution in [1.29, 1.82) is 0 Å². The first-order valence-electron chi connectivity index (χ1n) is 10.7. The van der Waals surface area contributed by atoms with Gasteiger partial charge in [0.05, 0.1) is 12.7 Å². The second-order valence-corrected chi connectivity index (χ2v) is 12.7. The van der Waals surface area contributed by atoms with Crippen LogP contribution in [0.3, 0.4) is 0 Å². The molecule has 0 saturated carbocycles. The van der Waals surface area contributed by atoms with Gasteiger partial charge in [-0.2, -0.15) is 11.8 Å². The second-order valence-electron chi connectivity index (χ2n) is 7.24. The van der Waals surface area contributed by atoms with Gasteiger partial charge < -0.3 is 9.26 Å². The zero-order valence-corrected chi connectivity index (χ0v) is 20.7. The van der Waals surface area contributed by atoms with E-state index in [0.29, 0.717) is 0 Å². The lowest BCUT2D eigenvalue weighted by molar-refractivity contribution is 0.0785. The lowest BCUT2D eigenvalue weighted by Crippen LogP contribution is -2.19. The van der Waals surface area contributed by atoms with E-state index in [-0.39, 0.29) is 12.7 Å². The molecule has 7 heteroatoms. The molecule has 0 unspecified atom stereocenters. The molecule has 164 valence electrons. The van der Waals surface area contributed by atoms with Crippen molar-refractivity contribution in [3.8, 4) is 0 Å². The Labute approximate surface area is 182 Å². The second kappa shape index (κ2) is 20.4. The molecule has 0 saturated heterocycles. The van der Waals surface area contributed by atoms with E-state index in [2.05, 4.69) is 6.92 Å². The number of ether oxygens (including phenoxy) is 1. The van der Waals surface area contributed by atoms with Crippen molar-refractivity contribution in [3.63, 3.8) is 0 Å². The van der Waals surface area contributed by atoms with Gasteiger partial charge >= 0.3 is 6.07 Å². The maximum absolute atomic E-state index is 11.1. The van der Waals surface area contributed by atoms with Gasteiger partial charge in [0.1, 0.15) is 0 Å². The van der Waals surface area contributed by atoms with Gasteiger partial charge in [-0.1, -0.05) is 90.4 Å². The minimum atomic E-state index is -3.45. The summed E-state index contributed by atoms with van der Waals surface area (Å²) in [6.07, 6.45) is 15.8. The van der Waals surface area contributed by atoms with Gasteiger partial charge in [-0.05, 0) is 34.7 Å². The Morgan fingerprint density at radius 1 is 0.815 bits per heavy atom. The van der Waals surface area contributed by atoms with E-state index in [1.165, 1.54) is 89.9 Å². The summed E-state index contributed by atoms with van der Waals surface area (Å²) in [5.41, 5.74) is 0. The Morgan fingerprint density at radius 2 is 1.26 bits per heavy atom. The predicted octanol–water partition coefficient (Wildman–Crippen LogP) is 8.82. The Balaban J connectivity index is 3.25. The highest BCUT2D eigenvalue weighted by Gasteiger charge is 2.18. The fourth-order valence-corrected chi connectivity index (χ4v) is 4.72. The molecule has 1 atom stereocenters. The van der Waals surface area contributed by atoms with Crippen LogP contribution in [0.1, 0.15) is 96.8 Å². The largest absolute Gasteiger partial charge is 0.380 e. The summed E-state index contributed by atoms with van der Waals surface area (Å²) in [6.45, 7) is 2.45. The number of unbranched alkanes of at least 4 members (excludes halogenated alkanes) is 13. The molecule has 0 bridgehead atoms. The molecule has 0 amide bonds. The van der Waals surface area contributed by atoms with Crippen molar-refractivity contribution >= 4 is 40.3 Å². The van der Waals surface area contributed by atoms with Gasteiger partial charge in [-0.15, -0.1) is 0 Å². The number of methoxy groups -OCH3 is 1. The molecular formula is C20H41Cl2O3PS. The van der Waals surface area contributed by atoms with Crippen LogP contribution in [0.15, 0.2) is 0 Å². The summed E-state index contributed by atoms with van der Waals surface area (Å²) in [6, 6.07) is 0. The van der Waals surface area contributed by atoms with E-state index in [0.717, 1.165) is 11.5 Å². The molecule has 0 N–H and O–H groups in total. The van der Waals surface area contributed by atoms with Gasteiger partial charge in [-0.25, -0.2) is 0 Å². The molecule has 0 radical (unpaired) electrons. The average molecular weight is 463 g/mol. The summed E-state index contributed by atoms with van der Waals surface area (Å²) >= 11 is 12.6. The number of hydrogen-bond donors (Lipinski definition) is 0. The molecule has 0 aliphatic rings. The lowest BCUT2D eigenvalue weighted by Gasteiger charge is -2.15. The number of halogens is 2. The van der Waals surface area contributed by atoms with Crippen molar-refractivity contribution in [2.24, 2.45) is 0 Å². The first-order chi connectivity index (χ1) is 13.0. The minimum Gasteiger partial charge on any atom is -0.378 e. The standard InChI is InChI=1S/C20H41Cl2O3PS/c1-3-4-5-6-7-8-9-10-11-12-13-14-15-16-17-27-19-20(24-2)18-25-26(21,22)23/h20H,3-19H2,1-2H3/t20-/m1/s1. The highest BCUT2D eigenvalue weighted by Crippen LogP contribution is 2.57. The molecule has 0 heterocycles. The van der Waals surface area contributed by atoms with Gasteiger partial charge in [0.25, 0.3) is 0 Å². The molecule has 0 aromatic carbocycles. The van der Waals surface area contributed by atoms with Gasteiger partial charge in [0.2, 0.25) is 0 Å². The van der Waals surface area contributed by atoms with Crippen LogP contribution >= 0.6 is 40.3 Å². The Bertz CT molecular complexity index is 356. The smallest absolute Gasteiger partial charge is 0.378 e. The summed E-state index contributed by atoms with van der Waals surface area (Å²) in [5.74, 6) is 1.93. The van der Waals surface area contributed by atoms with Crippen LogP contribution in [-0.4, -0.2) is 31.3 Å². The Morgan fingerprint density at radius 3 is 1.67 bits per heavy atom. The Kier molecular flexibility index (Phi) is 21.2. The van der Waals surface area contributed by atoms with E-state index >= 15 is 0 Å². The number of hydrogen-bond acceptors (Lipinski definition) is 4. The number of thioether (sulfide) groups is 1. The topological polar surface area (TPSA) is 35.5 Å². The molecule has 0 aliphatic heterocycles. The van der Waals surface area contributed by atoms with Gasteiger partial charge in [0, 0.05) is 12.9 Å². The monoisotopic (exact) mass is 462 g/mol. The lowest BCUT2D eigenvalue weighted by atomic mass is 10.0. The summed E-state index contributed by atoms with van der Waals surface area (Å²) < 4.78 is 21.3. The molecule has 0 aromatic rings. The summed E-state index contributed by atoms with van der Waals surface area (Å²) in [4.78, 5) is 0. The first kappa shape index (κ1) is 28.1. The first-order valence-corrected chi connectivity index (χ1v) is 15.3. The molecule has 3 nitrogen and oxygen atoms in total. The fraction of sp³-hybridized carbons (Fsp3) is 1.00. The van der Waals surface area contributed by atoms with E-state index < -0.39 is 6.07 Å². The number of rotatable bonds is 21. The molecule has 0 fully saturated rings. The zero-order chi connectivity index (χ0) is 20.2. The van der Waals surface area contributed by atoms with Crippen LogP contribution in [0.25, 0.3) is 0 Å². The van der Waals surface area contributed by atoms with Crippen molar-refractivity contribution in [3.05, 3.63) is 0 Å². The molecular weight excluding hydrogens is 422 g/mol. The maximum Gasteiger partial charge on any atom is 0.380 e. The van der Waals surface area contributed by atoms with Crippen LogP contribution in [-0.2, 0) is 13.8 Å². The summed E-state index contributed by atoms with van der Waals surface area (Å²) in [5, 5.41) is 0. The van der Waals surface area contributed by atoms with Crippen molar-refractivity contribution < 1.29 is 13.8 Å². The molecule has 0 aliphatic carbocycles. The van der Waals surface area contributed by atoms with E-state index in [4.69, 9.17) is 31.7 Å². The third-order valence-corrected chi connectivity index (χ3v) is 6.91. The van der Waals surface area contributed by atoms with Crippen molar-refractivity contribution in [2.45, 2.75) is 103 Å². The van der Waals surface area contributed by atoms with Gasteiger partial charge in [-0.3, -0.25) is 4.57 Å². The summed E-state index contributed by atoms with van der Waals surface area (Å²) in [7, 11) is 1.62. The van der Waals surface area contributed by atoms with Crippen LogP contribution < -0.4 is 0 Å². The van der Waals surface area contributed by atoms with E-state index in [1.807, 2.05) is 11.8 Å². The van der Waals surface area contributed by atoms with Crippen LogP contribution in [0, 0.1) is 0 Å². The van der Waals surface area contributed by atoms with E-state index in [1.54, 1.807) is 7.11 Å². The zero-order valence-electron chi connectivity index (χ0n) is 17.4. The highest BCUT2D eigenvalue weighted by atomic mass is 35.9. The maximum atomic E-state index is 11.1. The molecule has 0 aromatic heterocycles. The van der Waals surface area contributed by atoms with E-state index in [9.17, 15) is 4.57 Å². The molecule has 27 heavy (non-hydrogen) atoms. The van der Waals surface area contributed by atoms with Crippen LogP contribution in [0.5, 0.6) is 0 Å². The molecule has 0 rings (SSSR count). The highest BCUT2D eigenvalue weighted by molar-refractivity contribution is 8.05. The minimum absolute atomic E-state index is 0.118. The normalized spacial score (nSPS) is 13.2. The fourth-order valence-electron chi connectivity index (χ4n) is 2.97. The quantitative estimate of drug-likeness (QED) is 0.126. The van der Waals surface area contributed by atoms with Crippen LogP contribution in [0.4, 0.5) is 0 Å². The van der Waals surface area contributed by atoms with Crippen LogP contribution in [0.2, 0.25) is 0 Å². The third-order valence-electron chi connectivity index (χ3n) is 4.69. The predicted molar refractivity (Wildman–Crippen MR) is 124 cm³/mol. The third kappa shape index (κ3) is 23.2. The average Bonchev–Trinajstić information content (AvgIpc) is 2.63. The van der Waals surface area contributed by atoms with Crippen molar-refractivity contribution in [2.75, 3.05) is 25.2 Å². The Hall–Kier alpha value is 1.08. The molecule has 0 spiro atoms. The van der Waals surface area contributed by atoms with Crippen molar-refractivity contribution in [1.82, 2.24) is 0 Å².